The van der Waals surface area contributed by atoms with Crippen molar-refractivity contribution in [2.75, 3.05) is 33.4 Å². The fourth-order valence-electron chi connectivity index (χ4n) is 2.68. The van der Waals surface area contributed by atoms with Crippen LogP contribution in [-0.2, 0) is 11.3 Å². The molecule has 0 amide bonds. The highest BCUT2D eigenvalue weighted by molar-refractivity contribution is 5.79. The van der Waals surface area contributed by atoms with E-state index in [0.717, 1.165) is 38.7 Å². The van der Waals surface area contributed by atoms with Gasteiger partial charge in [0.25, 0.3) is 0 Å². The van der Waals surface area contributed by atoms with Gasteiger partial charge in [0.05, 0.1) is 13.2 Å². The first-order valence-electron chi connectivity index (χ1n) is 8.20. The van der Waals surface area contributed by atoms with Crippen LogP contribution < -0.4 is 10.1 Å². The molecule has 1 fully saturated rings. The normalized spacial score (nSPS) is 18.0. The van der Waals surface area contributed by atoms with Crippen molar-refractivity contribution in [3.63, 3.8) is 0 Å². The number of hydrogen-bond donors (Lipinski definition) is 1. The summed E-state index contributed by atoms with van der Waals surface area (Å²) in [5, 5.41) is 3.23. The molecule has 1 aliphatic rings. The van der Waals surface area contributed by atoms with Crippen LogP contribution in [0.25, 0.3) is 0 Å². The van der Waals surface area contributed by atoms with Gasteiger partial charge >= 0.3 is 6.61 Å². The smallest absolute Gasteiger partial charge is 0.387 e. The Morgan fingerprint density at radius 3 is 2.92 bits per heavy atom. The molecule has 0 aromatic heterocycles. The van der Waals surface area contributed by atoms with E-state index in [1.54, 1.807) is 18.2 Å². The molecule has 134 valence electrons. The van der Waals surface area contributed by atoms with Crippen LogP contribution >= 0.6 is 0 Å². The van der Waals surface area contributed by atoms with E-state index in [1.807, 2.05) is 14.0 Å². The second-order valence-electron chi connectivity index (χ2n) is 5.77. The molecule has 1 unspecified atom stereocenters. The minimum absolute atomic E-state index is 0.166. The molecule has 0 bridgehead atoms. The molecule has 1 atom stereocenters. The van der Waals surface area contributed by atoms with Gasteiger partial charge in [-0.15, -0.1) is 0 Å². The molecule has 5 nitrogen and oxygen atoms in total. The van der Waals surface area contributed by atoms with Crippen LogP contribution in [0, 0.1) is 5.92 Å². The summed E-state index contributed by atoms with van der Waals surface area (Å²) in [6.45, 7) is 2.60. The van der Waals surface area contributed by atoms with Gasteiger partial charge in [0.2, 0.25) is 0 Å². The molecule has 1 aliphatic heterocycles. The van der Waals surface area contributed by atoms with E-state index in [0.29, 0.717) is 11.5 Å². The predicted molar refractivity (Wildman–Crippen MR) is 89.4 cm³/mol. The average Bonchev–Trinajstić information content (AvgIpc) is 3.05. The molecule has 1 saturated heterocycles. The first kappa shape index (κ1) is 18.4. The molecule has 1 heterocycles. The molecule has 0 aliphatic carbocycles. The summed E-state index contributed by atoms with van der Waals surface area (Å²) < 4.78 is 34.9. The number of alkyl halides is 2. The Hall–Kier alpha value is -1.89. The summed E-state index contributed by atoms with van der Waals surface area (Å²) >= 11 is 0. The van der Waals surface area contributed by atoms with Crippen molar-refractivity contribution >= 4 is 5.96 Å². The van der Waals surface area contributed by atoms with Gasteiger partial charge < -0.3 is 19.7 Å². The molecule has 0 spiro atoms. The van der Waals surface area contributed by atoms with Crippen LogP contribution in [-0.4, -0.2) is 50.8 Å². The van der Waals surface area contributed by atoms with Crippen LogP contribution in [0.15, 0.2) is 29.3 Å². The quantitative estimate of drug-likeness (QED) is 0.612. The molecule has 7 heteroatoms. The molecular weight excluding hydrogens is 316 g/mol. The van der Waals surface area contributed by atoms with E-state index < -0.39 is 6.61 Å². The number of guanidine groups is 1. The van der Waals surface area contributed by atoms with Gasteiger partial charge in [0, 0.05) is 38.2 Å². The van der Waals surface area contributed by atoms with E-state index in [4.69, 9.17) is 4.74 Å². The number of nitrogens with one attached hydrogen (secondary N) is 1. The van der Waals surface area contributed by atoms with Crippen LogP contribution in [0.1, 0.15) is 18.9 Å². The van der Waals surface area contributed by atoms with Crippen LogP contribution in [0.3, 0.4) is 0 Å². The van der Waals surface area contributed by atoms with Crippen LogP contribution in [0.4, 0.5) is 8.78 Å². The highest BCUT2D eigenvalue weighted by Gasteiger charge is 2.19. The third kappa shape index (κ3) is 5.63. The van der Waals surface area contributed by atoms with Gasteiger partial charge in [-0.2, -0.15) is 8.78 Å². The largest absolute Gasteiger partial charge is 0.434 e. The predicted octanol–water partition coefficient (Wildman–Crippen LogP) is 2.72. The lowest BCUT2D eigenvalue weighted by molar-refractivity contribution is -0.0504. The van der Waals surface area contributed by atoms with Crippen molar-refractivity contribution in [3.8, 4) is 5.75 Å². The van der Waals surface area contributed by atoms with E-state index in [-0.39, 0.29) is 12.3 Å². The van der Waals surface area contributed by atoms with E-state index >= 15 is 0 Å². The van der Waals surface area contributed by atoms with E-state index in [1.165, 1.54) is 6.07 Å². The molecule has 1 N–H and O–H groups in total. The first-order valence-corrected chi connectivity index (χ1v) is 8.20. The number of ether oxygens (including phenoxy) is 2. The zero-order valence-electron chi connectivity index (χ0n) is 14.2. The average molecular weight is 341 g/mol. The number of hydrogen-bond acceptors (Lipinski definition) is 3. The molecule has 0 saturated carbocycles. The number of aliphatic imine (C=N–C) groups is 1. The first-order chi connectivity index (χ1) is 11.6. The Morgan fingerprint density at radius 2 is 2.25 bits per heavy atom. The van der Waals surface area contributed by atoms with Crippen molar-refractivity contribution < 1.29 is 18.3 Å². The monoisotopic (exact) mass is 341 g/mol. The zero-order valence-corrected chi connectivity index (χ0v) is 14.2. The second-order valence-corrected chi connectivity index (χ2v) is 5.77. The Bertz CT molecular complexity index is 534. The van der Waals surface area contributed by atoms with E-state index in [2.05, 4.69) is 19.9 Å². The number of rotatable bonds is 7. The summed E-state index contributed by atoms with van der Waals surface area (Å²) in [4.78, 5) is 6.61. The summed E-state index contributed by atoms with van der Waals surface area (Å²) in [7, 11) is 1.97. The van der Waals surface area contributed by atoms with Crippen LogP contribution in [0.2, 0.25) is 0 Å². The number of nitrogens with zero attached hydrogens (tertiary/aromatic N) is 2. The molecule has 2 rings (SSSR count). The summed E-state index contributed by atoms with van der Waals surface area (Å²) in [6, 6.07) is 6.73. The maximum atomic E-state index is 12.5. The number of benzene rings is 1. The van der Waals surface area contributed by atoms with Gasteiger partial charge in [-0.05, 0) is 19.4 Å². The third-order valence-corrected chi connectivity index (χ3v) is 3.84. The lowest BCUT2D eigenvalue weighted by Crippen LogP contribution is -2.41. The van der Waals surface area contributed by atoms with Crippen molar-refractivity contribution in [1.29, 1.82) is 0 Å². The summed E-state index contributed by atoms with van der Waals surface area (Å²) in [5.41, 5.74) is 0.630. The Morgan fingerprint density at radius 1 is 1.46 bits per heavy atom. The lowest BCUT2D eigenvalue weighted by Gasteiger charge is -2.24. The fourth-order valence-corrected chi connectivity index (χ4v) is 2.68. The molecule has 0 radical (unpaired) electrons. The topological polar surface area (TPSA) is 46.1 Å². The molecule has 24 heavy (non-hydrogen) atoms. The number of halogens is 2. The molecule has 1 aromatic carbocycles. The Balaban J connectivity index is 2.04. The van der Waals surface area contributed by atoms with Gasteiger partial charge in [-0.1, -0.05) is 18.2 Å². The van der Waals surface area contributed by atoms with Crippen molar-refractivity contribution in [1.82, 2.24) is 10.2 Å². The highest BCUT2D eigenvalue weighted by atomic mass is 19.3. The Kier molecular flexibility index (Phi) is 7.24. The van der Waals surface area contributed by atoms with Crippen molar-refractivity contribution in [3.05, 3.63) is 29.8 Å². The zero-order chi connectivity index (χ0) is 17.4. The summed E-state index contributed by atoms with van der Waals surface area (Å²) in [5.74, 6) is 1.41. The minimum Gasteiger partial charge on any atom is -0.434 e. The fraction of sp³-hybridized carbons (Fsp3) is 0.588. The van der Waals surface area contributed by atoms with E-state index in [9.17, 15) is 8.78 Å². The molecular formula is C17H25F2N3O2. The maximum absolute atomic E-state index is 12.5. The van der Waals surface area contributed by atoms with Gasteiger partial charge in [-0.3, -0.25) is 0 Å². The second kappa shape index (κ2) is 9.42. The number of para-hydroxylation sites is 1. The van der Waals surface area contributed by atoms with Gasteiger partial charge in [-0.25, -0.2) is 4.99 Å². The van der Waals surface area contributed by atoms with Gasteiger partial charge in [0.15, 0.2) is 5.96 Å². The standard InChI is InChI=1S/C17H25F2N3O2/c1-3-20-17(22(2)11-13-8-9-23-12-13)21-10-14-6-4-5-7-15(14)24-16(18)19/h4-7,13,16H,3,8-12H2,1-2H3,(H,20,21). The minimum atomic E-state index is -2.84. The maximum Gasteiger partial charge on any atom is 0.387 e. The molecule has 1 aromatic rings. The third-order valence-electron chi connectivity index (χ3n) is 3.84. The van der Waals surface area contributed by atoms with Crippen LogP contribution in [0.5, 0.6) is 5.75 Å². The summed E-state index contributed by atoms with van der Waals surface area (Å²) in [6.07, 6.45) is 1.05. The van der Waals surface area contributed by atoms with Crippen molar-refractivity contribution in [2.24, 2.45) is 10.9 Å². The lowest BCUT2D eigenvalue weighted by atomic mass is 10.1. The van der Waals surface area contributed by atoms with Gasteiger partial charge in [0.1, 0.15) is 5.75 Å². The van der Waals surface area contributed by atoms with Crippen molar-refractivity contribution in [2.45, 2.75) is 26.5 Å². The highest BCUT2D eigenvalue weighted by Crippen LogP contribution is 2.21. The SMILES string of the molecule is CCNC(=NCc1ccccc1OC(F)F)N(C)CC1CCOC1. The Labute approximate surface area is 141 Å².